The van der Waals surface area contributed by atoms with Crippen LogP contribution in [0.3, 0.4) is 0 Å². The highest BCUT2D eigenvalue weighted by atomic mass is 16.7. The molecule has 2 rings (SSSR count). The van der Waals surface area contributed by atoms with Gasteiger partial charge >= 0.3 is 12.1 Å². The topological polar surface area (TPSA) is 83.1 Å². The molecule has 0 aliphatic heterocycles. The summed E-state index contributed by atoms with van der Waals surface area (Å²) in [6, 6.07) is 9.29. The van der Waals surface area contributed by atoms with Crippen molar-refractivity contribution in [2.75, 3.05) is 14.2 Å². The van der Waals surface area contributed by atoms with Gasteiger partial charge in [-0.2, -0.15) is 0 Å². The third-order valence-electron chi connectivity index (χ3n) is 4.17. The first-order valence-corrected chi connectivity index (χ1v) is 8.15. The first-order valence-electron chi connectivity index (χ1n) is 8.15. The average molecular weight is 351 g/mol. The van der Waals surface area contributed by atoms with E-state index >= 15 is 0 Å². The minimum Gasteiger partial charge on any atom is -0.461 e. The maximum Gasteiger partial charge on any atom is 0.408 e. The van der Waals surface area contributed by atoms with E-state index in [1.54, 1.807) is 13.8 Å². The van der Waals surface area contributed by atoms with Crippen LogP contribution in [0.1, 0.15) is 32.3 Å². The molecular formula is C18H25NO6. The number of esters is 1. The zero-order chi connectivity index (χ0) is 18.5. The van der Waals surface area contributed by atoms with Gasteiger partial charge in [-0.1, -0.05) is 30.3 Å². The van der Waals surface area contributed by atoms with Crippen LogP contribution in [0.5, 0.6) is 0 Å². The van der Waals surface area contributed by atoms with Gasteiger partial charge in [0.25, 0.3) is 0 Å². The van der Waals surface area contributed by atoms with Crippen LogP contribution in [0.15, 0.2) is 30.3 Å². The molecule has 7 heteroatoms. The van der Waals surface area contributed by atoms with Crippen LogP contribution in [-0.4, -0.2) is 43.7 Å². The molecule has 7 nitrogen and oxygen atoms in total. The Kier molecular flexibility index (Phi) is 6.02. The van der Waals surface area contributed by atoms with Crippen LogP contribution < -0.4 is 5.32 Å². The molecule has 0 atom stereocenters. The number of amides is 1. The molecule has 1 amide bonds. The van der Waals surface area contributed by atoms with E-state index < -0.39 is 23.4 Å². The molecule has 0 saturated heterocycles. The van der Waals surface area contributed by atoms with E-state index in [2.05, 4.69) is 5.32 Å². The fraction of sp³-hybridized carbons (Fsp3) is 0.556. The van der Waals surface area contributed by atoms with Crippen molar-refractivity contribution in [3.8, 4) is 0 Å². The Hall–Kier alpha value is -2.12. The molecule has 1 N–H and O–H groups in total. The molecule has 1 aliphatic carbocycles. The Labute approximate surface area is 147 Å². The summed E-state index contributed by atoms with van der Waals surface area (Å²) in [6.45, 7) is 3.61. The molecule has 0 radical (unpaired) electrons. The lowest BCUT2D eigenvalue weighted by molar-refractivity contribution is -0.280. The van der Waals surface area contributed by atoms with E-state index in [4.69, 9.17) is 18.9 Å². The van der Waals surface area contributed by atoms with Crippen LogP contribution in [0.4, 0.5) is 4.79 Å². The Bertz CT molecular complexity index is 589. The summed E-state index contributed by atoms with van der Waals surface area (Å²) in [5.74, 6) is -1.44. The van der Waals surface area contributed by atoms with Crippen LogP contribution in [0.2, 0.25) is 0 Å². The summed E-state index contributed by atoms with van der Waals surface area (Å²) in [5, 5.41) is 2.63. The second-order valence-electron chi connectivity index (χ2n) is 6.40. The van der Waals surface area contributed by atoms with Crippen molar-refractivity contribution in [2.24, 2.45) is 0 Å². The molecule has 0 aromatic heterocycles. The largest absolute Gasteiger partial charge is 0.461 e. The maximum atomic E-state index is 12.5. The van der Waals surface area contributed by atoms with Crippen molar-refractivity contribution in [2.45, 2.75) is 50.7 Å². The SMILES string of the molecule is COC1(OC)CC(NC(=O)OCc2ccccc2)(C(=O)OC(C)C)C1. The number of benzene rings is 1. The molecule has 0 heterocycles. The normalized spacial score (nSPS) is 17.5. The molecule has 138 valence electrons. The van der Waals surface area contributed by atoms with Crippen molar-refractivity contribution in [3.05, 3.63) is 35.9 Å². The summed E-state index contributed by atoms with van der Waals surface area (Å²) in [7, 11) is 2.99. The predicted octanol–water partition coefficient (Wildman–Crippen LogP) is 2.39. The van der Waals surface area contributed by atoms with E-state index in [1.807, 2.05) is 30.3 Å². The zero-order valence-electron chi connectivity index (χ0n) is 15.0. The highest BCUT2D eigenvalue weighted by molar-refractivity contribution is 5.87. The van der Waals surface area contributed by atoms with Crippen LogP contribution in [0.25, 0.3) is 0 Å². The van der Waals surface area contributed by atoms with E-state index in [9.17, 15) is 9.59 Å². The van der Waals surface area contributed by atoms with Crippen molar-refractivity contribution in [1.29, 1.82) is 0 Å². The van der Waals surface area contributed by atoms with Gasteiger partial charge in [0.1, 0.15) is 6.61 Å². The molecule has 1 aliphatic rings. The van der Waals surface area contributed by atoms with Crippen LogP contribution >= 0.6 is 0 Å². The number of hydrogen-bond donors (Lipinski definition) is 1. The lowest BCUT2D eigenvalue weighted by Crippen LogP contribution is -2.71. The van der Waals surface area contributed by atoms with Gasteiger partial charge in [0.2, 0.25) is 0 Å². The minimum absolute atomic E-state index is 0.113. The lowest BCUT2D eigenvalue weighted by Gasteiger charge is -2.51. The summed E-state index contributed by atoms with van der Waals surface area (Å²) in [5.41, 5.74) is -0.363. The molecule has 0 unspecified atom stereocenters. The van der Waals surface area contributed by atoms with E-state index in [-0.39, 0.29) is 25.6 Å². The molecule has 1 fully saturated rings. The number of rotatable bonds is 7. The van der Waals surface area contributed by atoms with Crippen molar-refractivity contribution in [3.63, 3.8) is 0 Å². The zero-order valence-corrected chi connectivity index (χ0v) is 15.0. The van der Waals surface area contributed by atoms with Crippen molar-refractivity contribution < 1.29 is 28.5 Å². The monoisotopic (exact) mass is 351 g/mol. The lowest BCUT2D eigenvalue weighted by atomic mass is 9.71. The van der Waals surface area contributed by atoms with Crippen LogP contribution in [0, 0.1) is 0 Å². The van der Waals surface area contributed by atoms with Gasteiger partial charge in [0, 0.05) is 27.1 Å². The molecule has 0 spiro atoms. The number of nitrogens with one attached hydrogen (secondary N) is 1. The standard InChI is InChI=1S/C18H25NO6/c1-13(2)25-15(20)17(11-18(12-17,22-3)23-4)19-16(21)24-10-14-8-6-5-7-9-14/h5-9,13H,10-12H2,1-4H3,(H,19,21). The van der Waals surface area contributed by atoms with Gasteiger partial charge in [-0.3, -0.25) is 0 Å². The number of alkyl carbamates (subject to hydrolysis) is 1. The van der Waals surface area contributed by atoms with Gasteiger partial charge in [-0.05, 0) is 19.4 Å². The number of hydrogen-bond acceptors (Lipinski definition) is 6. The maximum absolute atomic E-state index is 12.5. The fourth-order valence-electron chi connectivity index (χ4n) is 2.81. The van der Waals surface area contributed by atoms with Gasteiger partial charge in [0.05, 0.1) is 6.10 Å². The van der Waals surface area contributed by atoms with Crippen LogP contribution in [-0.2, 0) is 30.3 Å². The number of methoxy groups -OCH3 is 2. The highest BCUT2D eigenvalue weighted by Crippen LogP contribution is 2.45. The van der Waals surface area contributed by atoms with Crippen molar-refractivity contribution >= 4 is 12.1 Å². The van der Waals surface area contributed by atoms with Gasteiger partial charge in [0.15, 0.2) is 11.3 Å². The smallest absolute Gasteiger partial charge is 0.408 e. The van der Waals surface area contributed by atoms with Gasteiger partial charge in [-0.15, -0.1) is 0 Å². The quantitative estimate of drug-likeness (QED) is 0.600. The number of carbonyl (C=O) groups is 2. The first kappa shape index (κ1) is 19.2. The van der Waals surface area contributed by atoms with E-state index in [0.717, 1.165) is 5.56 Å². The summed E-state index contributed by atoms with van der Waals surface area (Å²) in [6.07, 6.45) is -0.685. The summed E-state index contributed by atoms with van der Waals surface area (Å²) in [4.78, 5) is 24.7. The minimum atomic E-state index is -1.22. The predicted molar refractivity (Wildman–Crippen MR) is 89.7 cm³/mol. The molecule has 1 aromatic rings. The molecule has 25 heavy (non-hydrogen) atoms. The Morgan fingerprint density at radius 3 is 2.24 bits per heavy atom. The Morgan fingerprint density at radius 2 is 1.72 bits per heavy atom. The molecular weight excluding hydrogens is 326 g/mol. The molecule has 1 aromatic carbocycles. The number of ether oxygens (including phenoxy) is 4. The second kappa shape index (κ2) is 7.84. The van der Waals surface area contributed by atoms with E-state index in [1.165, 1.54) is 14.2 Å². The fourth-order valence-corrected chi connectivity index (χ4v) is 2.81. The van der Waals surface area contributed by atoms with E-state index in [0.29, 0.717) is 0 Å². The number of carbonyl (C=O) groups excluding carboxylic acids is 2. The van der Waals surface area contributed by atoms with Gasteiger partial charge in [-0.25, -0.2) is 9.59 Å². The van der Waals surface area contributed by atoms with Gasteiger partial charge < -0.3 is 24.3 Å². The highest BCUT2D eigenvalue weighted by Gasteiger charge is 2.62. The average Bonchev–Trinajstić information content (AvgIpc) is 2.56. The Balaban J connectivity index is 2.01. The molecule has 1 saturated carbocycles. The Morgan fingerprint density at radius 1 is 1.12 bits per heavy atom. The summed E-state index contributed by atoms with van der Waals surface area (Å²) < 4.78 is 21.1. The first-order chi connectivity index (χ1) is 11.8. The van der Waals surface area contributed by atoms with Crippen molar-refractivity contribution in [1.82, 2.24) is 5.32 Å². The third-order valence-corrected chi connectivity index (χ3v) is 4.17. The molecule has 0 bridgehead atoms. The third kappa shape index (κ3) is 4.49. The summed E-state index contributed by atoms with van der Waals surface area (Å²) >= 11 is 0. The second-order valence-corrected chi connectivity index (χ2v) is 6.40.